The number of carbonyl (C=O) groups excluding carboxylic acids is 2. The molecule has 0 aliphatic heterocycles. The van der Waals surface area contributed by atoms with Gasteiger partial charge < -0.3 is 30.3 Å². The molecule has 0 bridgehead atoms. The number of amides is 2. The van der Waals surface area contributed by atoms with Gasteiger partial charge >= 0.3 is 0 Å². The molecule has 2 aromatic rings. The number of furan rings is 1. The lowest BCUT2D eigenvalue weighted by Crippen LogP contribution is -2.26. The van der Waals surface area contributed by atoms with Gasteiger partial charge in [0.15, 0.2) is 17.3 Å². The fraction of sp³-hybridized carbons (Fsp3) is 0.333. The Kier molecular flexibility index (Phi) is 7.04. The molecule has 8 heteroatoms. The maximum atomic E-state index is 12.6. The third kappa shape index (κ3) is 4.76. The highest BCUT2D eigenvalue weighted by molar-refractivity contribution is 6.08. The fourth-order valence-corrected chi connectivity index (χ4v) is 2.33. The molecule has 0 saturated heterocycles. The van der Waals surface area contributed by atoms with E-state index < -0.39 is 5.91 Å². The first-order chi connectivity index (χ1) is 12.6. The number of rotatable bonds is 9. The molecule has 0 radical (unpaired) electrons. The van der Waals surface area contributed by atoms with Crippen LogP contribution in [-0.2, 0) is 0 Å². The molecular weight excluding hydrogens is 338 g/mol. The van der Waals surface area contributed by atoms with Crippen LogP contribution in [0, 0.1) is 0 Å². The lowest BCUT2D eigenvalue weighted by atomic mass is 10.1. The number of benzene rings is 1. The highest BCUT2D eigenvalue weighted by Crippen LogP contribution is 2.33. The maximum Gasteiger partial charge on any atom is 0.291 e. The van der Waals surface area contributed by atoms with Crippen molar-refractivity contribution in [2.75, 3.05) is 32.6 Å². The van der Waals surface area contributed by atoms with Crippen molar-refractivity contribution in [3.8, 4) is 11.5 Å². The van der Waals surface area contributed by atoms with E-state index >= 15 is 0 Å². The Hall–Kier alpha value is -3.00. The Morgan fingerprint density at radius 3 is 2.46 bits per heavy atom. The summed E-state index contributed by atoms with van der Waals surface area (Å²) in [4.78, 5) is 24.8. The second-order valence-electron chi connectivity index (χ2n) is 5.44. The van der Waals surface area contributed by atoms with Crippen molar-refractivity contribution in [1.82, 2.24) is 5.32 Å². The summed E-state index contributed by atoms with van der Waals surface area (Å²) < 4.78 is 15.6. The number of ether oxygens (including phenoxy) is 2. The van der Waals surface area contributed by atoms with Crippen molar-refractivity contribution >= 4 is 17.5 Å². The van der Waals surface area contributed by atoms with Gasteiger partial charge in [-0.2, -0.15) is 0 Å². The Morgan fingerprint density at radius 2 is 1.85 bits per heavy atom. The molecule has 8 nitrogen and oxygen atoms in total. The van der Waals surface area contributed by atoms with E-state index in [2.05, 4.69) is 10.6 Å². The average Bonchev–Trinajstić information content (AvgIpc) is 3.19. The monoisotopic (exact) mass is 361 g/mol. The second kappa shape index (κ2) is 9.47. The van der Waals surface area contributed by atoms with Crippen LogP contribution in [0.2, 0.25) is 0 Å². The van der Waals surface area contributed by atoms with Gasteiger partial charge in [0.2, 0.25) is 0 Å². The zero-order chi connectivity index (χ0) is 18.9. The Morgan fingerprint density at radius 1 is 1.12 bits per heavy atom. The van der Waals surface area contributed by atoms with Gasteiger partial charge in [0.25, 0.3) is 11.8 Å². The van der Waals surface area contributed by atoms with Gasteiger partial charge in [-0.15, -0.1) is 0 Å². The summed E-state index contributed by atoms with van der Waals surface area (Å²) in [5.41, 5.74) is 6.00. The predicted octanol–water partition coefficient (Wildman–Crippen LogP) is 2.02. The first-order valence-electron chi connectivity index (χ1n) is 8.19. The molecule has 0 aliphatic rings. The van der Waals surface area contributed by atoms with Gasteiger partial charge in [0.05, 0.1) is 31.7 Å². The van der Waals surface area contributed by atoms with Crippen LogP contribution in [0.15, 0.2) is 34.9 Å². The predicted molar refractivity (Wildman–Crippen MR) is 96.8 cm³/mol. The molecule has 1 aromatic heterocycles. The minimum absolute atomic E-state index is 0.133. The van der Waals surface area contributed by atoms with E-state index in [0.29, 0.717) is 30.3 Å². The van der Waals surface area contributed by atoms with E-state index in [1.54, 1.807) is 6.07 Å². The van der Waals surface area contributed by atoms with Crippen molar-refractivity contribution in [1.29, 1.82) is 0 Å². The summed E-state index contributed by atoms with van der Waals surface area (Å²) in [5, 5.41) is 5.48. The van der Waals surface area contributed by atoms with Gasteiger partial charge in [-0.3, -0.25) is 9.59 Å². The summed E-state index contributed by atoms with van der Waals surface area (Å²) in [6.07, 6.45) is 2.98. The SMILES string of the molecule is COc1cc(NC(=O)c2ccco2)c(C(=O)NCCCCN)cc1OC. The zero-order valence-electron chi connectivity index (χ0n) is 14.8. The third-order valence-corrected chi connectivity index (χ3v) is 3.68. The summed E-state index contributed by atoms with van der Waals surface area (Å²) in [7, 11) is 2.95. The molecule has 26 heavy (non-hydrogen) atoms. The number of hydrogen-bond acceptors (Lipinski definition) is 6. The van der Waals surface area contributed by atoms with Crippen LogP contribution >= 0.6 is 0 Å². The van der Waals surface area contributed by atoms with E-state index in [1.165, 1.54) is 38.7 Å². The number of methoxy groups -OCH3 is 2. The van der Waals surface area contributed by atoms with Crippen molar-refractivity contribution in [2.24, 2.45) is 5.73 Å². The molecule has 0 fully saturated rings. The number of hydrogen-bond donors (Lipinski definition) is 3. The molecule has 1 aromatic carbocycles. The summed E-state index contributed by atoms with van der Waals surface area (Å²) in [6, 6.07) is 6.19. The highest BCUT2D eigenvalue weighted by atomic mass is 16.5. The van der Waals surface area contributed by atoms with Crippen LogP contribution in [0.1, 0.15) is 33.8 Å². The molecule has 0 atom stereocenters. The van der Waals surface area contributed by atoms with Gasteiger partial charge in [0, 0.05) is 12.6 Å². The molecule has 140 valence electrons. The first kappa shape index (κ1) is 19.3. The molecule has 0 spiro atoms. The topological polar surface area (TPSA) is 116 Å². The molecule has 4 N–H and O–H groups in total. The second-order valence-corrected chi connectivity index (χ2v) is 5.44. The van der Waals surface area contributed by atoms with Crippen molar-refractivity contribution in [2.45, 2.75) is 12.8 Å². The van der Waals surface area contributed by atoms with Gasteiger partial charge in [-0.1, -0.05) is 0 Å². The summed E-state index contributed by atoms with van der Waals surface area (Å²) >= 11 is 0. The normalized spacial score (nSPS) is 10.3. The molecule has 0 saturated carbocycles. The fourth-order valence-electron chi connectivity index (χ4n) is 2.33. The van der Waals surface area contributed by atoms with Crippen LogP contribution in [0.25, 0.3) is 0 Å². The van der Waals surface area contributed by atoms with E-state index in [-0.39, 0.29) is 17.2 Å². The minimum atomic E-state index is -0.473. The molecular formula is C18H23N3O5. The Balaban J connectivity index is 2.27. The van der Waals surface area contributed by atoms with Crippen molar-refractivity contribution < 1.29 is 23.5 Å². The largest absolute Gasteiger partial charge is 0.493 e. The van der Waals surface area contributed by atoms with Crippen LogP contribution < -0.4 is 25.8 Å². The summed E-state index contributed by atoms with van der Waals surface area (Å²) in [6.45, 7) is 1.05. The van der Waals surface area contributed by atoms with Crippen LogP contribution in [0.3, 0.4) is 0 Å². The Bertz CT molecular complexity index is 744. The smallest absolute Gasteiger partial charge is 0.291 e. The van der Waals surface area contributed by atoms with Gasteiger partial charge in [-0.05, 0) is 37.6 Å². The third-order valence-electron chi connectivity index (χ3n) is 3.68. The number of nitrogens with two attached hydrogens (primary N) is 1. The maximum absolute atomic E-state index is 12.6. The van der Waals surface area contributed by atoms with Crippen molar-refractivity contribution in [3.63, 3.8) is 0 Å². The van der Waals surface area contributed by atoms with E-state index in [0.717, 1.165) is 12.8 Å². The number of anilines is 1. The van der Waals surface area contributed by atoms with Gasteiger partial charge in [-0.25, -0.2) is 0 Å². The minimum Gasteiger partial charge on any atom is -0.493 e. The van der Waals surface area contributed by atoms with Gasteiger partial charge in [0.1, 0.15) is 0 Å². The van der Waals surface area contributed by atoms with Crippen molar-refractivity contribution in [3.05, 3.63) is 41.9 Å². The standard InChI is InChI=1S/C18H23N3O5/c1-24-15-10-12(17(22)20-8-4-3-7-19)13(11-16(15)25-2)21-18(23)14-6-5-9-26-14/h5-6,9-11H,3-4,7-8,19H2,1-2H3,(H,20,22)(H,21,23). The zero-order valence-corrected chi connectivity index (χ0v) is 14.8. The quantitative estimate of drug-likeness (QED) is 0.589. The molecule has 2 amide bonds. The molecule has 0 unspecified atom stereocenters. The number of nitrogens with one attached hydrogen (secondary N) is 2. The first-order valence-corrected chi connectivity index (χ1v) is 8.19. The Labute approximate surface area is 151 Å². The molecule has 0 aliphatic carbocycles. The summed E-state index contributed by atoms with van der Waals surface area (Å²) in [5.74, 6) is 0.101. The number of unbranched alkanes of at least 4 members (excludes halogenated alkanes) is 1. The lowest BCUT2D eigenvalue weighted by molar-refractivity contribution is 0.0953. The van der Waals surface area contributed by atoms with Crippen LogP contribution in [0.4, 0.5) is 5.69 Å². The van der Waals surface area contributed by atoms with Crippen LogP contribution in [-0.4, -0.2) is 39.1 Å². The van der Waals surface area contributed by atoms with E-state index in [1.807, 2.05) is 0 Å². The number of carbonyl (C=O) groups is 2. The average molecular weight is 361 g/mol. The molecule has 2 rings (SSSR count). The van der Waals surface area contributed by atoms with E-state index in [9.17, 15) is 9.59 Å². The highest BCUT2D eigenvalue weighted by Gasteiger charge is 2.19. The lowest BCUT2D eigenvalue weighted by Gasteiger charge is -2.15. The van der Waals surface area contributed by atoms with Crippen LogP contribution in [0.5, 0.6) is 11.5 Å². The van der Waals surface area contributed by atoms with E-state index in [4.69, 9.17) is 19.6 Å². The molecule has 1 heterocycles.